The van der Waals surface area contributed by atoms with Gasteiger partial charge in [-0.3, -0.25) is 9.20 Å². The molecule has 0 aliphatic carbocycles. The standard InChI is InChI=1S/C24H19N3O3/c1-15-11-12-20-25-21(16-7-3-2-4-8-16)22(27(20)14-15)26-23(28)19-13-17-9-5-6-10-18(17)24(29)30-19/h2-12,14,19H,13H2,1H3,(H,26,28)/t19-/m1/s1. The van der Waals surface area contributed by atoms with Gasteiger partial charge in [-0.05, 0) is 30.2 Å². The van der Waals surface area contributed by atoms with Crippen LogP contribution in [0.4, 0.5) is 5.82 Å². The van der Waals surface area contributed by atoms with Gasteiger partial charge >= 0.3 is 5.97 Å². The van der Waals surface area contributed by atoms with Crippen LogP contribution in [0.25, 0.3) is 16.9 Å². The molecule has 6 heteroatoms. The lowest BCUT2D eigenvalue weighted by Crippen LogP contribution is -2.38. The third-order valence-electron chi connectivity index (χ3n) is 5.24. The van der Waals surface area contributed by atoms with Crippen LogP contribution < -0.4 is 5.32 Å². The summed E-state index contributed by atoms with van der Waals surface area (Å²) in [6.45, 7) is 1.98. The molecule has 5 rings (SSSR count). The van der Waals surface area contributed by atoms with Gasteiger partial charge in [-0.1, -0.05) is 54.6 Å². The topological polar surface area (TPSA) is 72.7 Å². The highest BCUT2D eigenvalue weighted by molar-refractivity contribution is 6.01. The van der Waals surface area contributed by atoms with Gasteiger partial charge in [0.15, 0.2) is 6.10 Å². The molecule has 0 saturated heterocycles. The molecule has 30 heavy (non-hydrogen) atoms. The number of amides is 1. The van der Waals surface area contributed by atoms with E-state index in [4.69, 9.17) is 9.72 Å². The molecule has 0 radical (unpaired) electrons. The Labute approximate surface area is 173 Å². The van der Waals surface area contributed by atoms with Gasteiger partial charge in [-0.2, -0.15) is 0 Å². The highest BCUT2D eigenvalue weighted by Crippen LogP contribution is 2.30. The number of nitrogens with one attached hydrogen (secondary N) is 1. The Bertz CT molecular complexity index is 1280. The fourth-order valence-electron chi connectivity index (χ4n) is 3.74. The number of hydrogen-bond acceptors (Lipinski definition) is 4. The molecular formula is C24H19N3O3. The van der Waals surface area contributed by atoms with Crippen LogP contribution in [0.2, 0.25) is 0 Å². The first-order chi connectivity index (χ1) is 14.6. The van der Waals surface area contributed by atoms with E-state index in [0.29, 0.717) is 23.5 Å². The molecule has 3 heterocycles. The van der Waals surface area contributed by atoms with Gasteiger partial charge < -0.3 is 10.1 Å². The first-order valence-corrected chi connectivity index (χ1v) is 9.74. The summed E-state index contributed by atoms with van der Waals surface area (Å²) in [6, 6.07) is 20.8. The molecule has 1 amide bonds. The van der Waals surface area contributed by atoms with Crippen molar-refractivity contribution < 1.29 is 14.3 Å². The summed E-state index contributed by atoms with van der Waals surface area (Å²) in [7, 11) is 0. The average Bonchev–Trinajstić information content (AvgIpc) is 3.12. The molecule has 0 fully saturated rings. The molecule has 1 aliphatic rings. The van der Waals surface area contributed by atoms with Crippen molar-refractivity contribution in [3.05, 3.63) is 89.6 Å². The van der Waals surface area contributed by atoms with E-state index in [2.05, 4.69) is 5.32 Å². The molecule has 1 aliphatic heterocycles. The maximum absolute atomic E-state index is 13.1. The number of fused-ring (bicyclic) bond motifs is 2. The highest BCUT2D eigenvalue weighted by Gasteiger charge is 2.32. The molecule has 0 spiro atoms. The molecule has 1 N–H and O–H groups in total. The van der Waals surface area contributed by atoms with E-state index in [1.54, 1.807) is 12.1 Å². The van der Waals surface area contributed by atoms with Gasteiger partial charge in [-0.25, -0.2) is 9.78 Å². The number of ether oxygens (including phenoxy) is 1. The summed E-state index contributed by atoms with van der Waals surface area (Å²) < 4.78 is 7.28. The fourth-order valence-corrected chi connectivity index (χ4v) is 3.74. The minimum atomic E-state index is -0.897. The van der Waals surface area contributed by atoms with Crippen LogP contribution in [0.15, 0.2) is 72.9 Å². The van der Waals surface area contributed by atoms with E-state index >= 15 is 0 Å². The SMILES string of the molecule is Cc1ccc2nc(-c3ccccc3)c(NC(=O)[C@H]3Cc4ccccc4C(=O)O3)n2c1. The number of esters is 1. The summed E-state index contributed by atoms with van der Waals surface area (Å²) in [5.41, 5.74) is 4.63. The van der Waals surface area contributed by atoms with E-state index in [-0.39, 0.29) is 5.91 Å². The van der Waals surface area contributed by atoms with Crippen LogP contribution in [0.1, 0.15) is 21.5 Å². The zero-order valence-corrected chi connectivity index (χ0v) is 16.3. The monoisotopic (exact) mass is 397 g/mol. The number of cyclic esters (lactones) is 1. The number of aryl methyl sites for hydroxylation is 1. The number of imidazole rings is 1. The van der Waals surface area contributed by atoms with Crippen LogP contribution in [-0.4, -0.2) is 27.4 Å². The average molecular weight is 397 g/mol. The molecule has 148 valence electrons. The summed E-state index contributed by atoms with van der Waals surface area (Å²) in [6.07, 6.45) is 1.36. The second kappa shape index (κ2) is 7.15. The number of pyridine rings is 1. The zero-order valence-electron chi connectivity index (χ0n) is 16.3. The highest BCUT2D eigenvalue weighted by atomic mass is 16.5. The van der Waals surface area contributed by atoms with Crippen molar-refractivity contribution in [1.29, 1.82) is 0 Å². The Hall–Kier alpha value is -3.93. The van der Waals surface area contributed by atoms with Gasteiger partial charge in [-0.15, -0.1) is 0 Å². The molecule has 0 saturated carbocycles. The summed E-state index contributed by atoms with van der Waals surface area (Å²) in [5, 5.41) is 2.96. The number of benzene rings is 2. The quantitative estimate of drug-likeness (QED) is 0.530. The van der Waals surface area contributed by atoms with Crippen LogP contribution in [0, 0.1) is 6.92 Å². The van der Waals surface area contributed by atoms with E-state index < -0.39 is 12.1 Å². The van der Waals surface area contributed by atoms with Crippen LogP contribution in [-0.2, 0) is 16.0 Å². The fraction of sp³-hybridized carbons (Fsp3) is 0.125. The predicted molar refractivity (Wildman–Crippen MR) is 113 cm³/mol. The van der Waals surface area contributed by atoms with Crippen LogP contribution in [0.5, 0.6) is 0 Å². The van der Waals surface area contributed by atoms with Crippen molar-refractivity contribution in [2.24, 2.45) is 0 Å². The number of anilines is 1. The molecule has 6 nitrogen and oxygen atoms in total. The molecule has 0 bridgehead atoms. The number of aromatic nitrogens is 2. The Kier molecular flexibility index (Phi) is 4.32. The predicted octanol–water partition coefficient (Wildman–Crippen LogP) is 4.03. The van der Waals surface area contributed by atoms with Crippen molar-refractivity contribution in [3.8, 4) is 11.3 Å². The van der Waals surface area contributed by atoms with E-state index in [1.807, 2.05) is 72.1 Å². The number of carbonyl (C=O) groups is 2. The first kappa shape index (κ1) is 18.1. The Morgan fingerprint density at radius 2 is 1.83 bits per heavy atom. The van der Waals surface area contributed by atoms with Crippen molar-refractivity contribution in [2.75, 3.05) is 5.32 Å². The number of hydrogen-bond donors (Lipinski definition) is 1. The number of nitrogens with zero attached hydrogens (tertiary/aromatic N) is 2. The molecule has 2 aromatic heterocycles. The van der Waals surface area contributed by atoms with Crippen LogP contribution in [0.3, 0.4) is 0 Å². The summed E-state index contributed by atoms with van der Waals surface area (Å²) in [5.74, 6) is -0.299. The Balaban J connectivity index is 1.53. The smallest absolute Gasteiger partial charge is 0.339 e. The zero-order chi connectivity index (χ0) is 20.7. The first-order valence-electron chi connectivity index (χ1n) is 9.74. The lowest BCUT2D eigenvalue weighted by atomic mass is 9.98. The van der Waals surface area contributed by atoms with E-state index in [1.165, 1.54) is 0 Å². The molecular weight excluding hydrogens is 378 g/mol. The maximum atomic E-state index is 13.1. The van der Waals surface area contributed by atoms with Crippen molar-refractivity contribution in [3.63, 3.8) is 0 Å². The normalized spacial score (nSPS) is 15.5. The largest absolute Gasteiger partial charge is 0.448 e. The Morgan fingerprint density at radius 1 is 1.07 bits per heavy atom. The maximum Gasteiger partial charge on any atom is 0.339 e. The third kappa shape index (κ3) is 3.12. The summed E-state index contributed by atoms with van der Waals surface area (Å²) >= 11 is 0. The number of carbonyl (C=O) groups excluding carboxylic acids is 2. The van der Waals surface area contributed by atoms with Gasteiger partial charge in [0.1, 0.15) is 17.2 Å². The van der Waals surface area contributed by atoms with E-state index in [0.717, 1.165) is 22.3 Å². The van der Waals surface area contributed by atoms with Gasteiger partial charge in [0, 0.05) is 18.2 Å². The van der Waals surface area contributed by atoms with Gasteiger partial charge in [0.25, 0.3) is 5.91 Å². The minimum Gasteiger partial charge on any atom is -0.448 e. The van der Waals surface area contributed by atoms with Crippen LogP contribution >= 0.6 is 0 Å². The lowest BCUT2D eigenvalue weighted by molar-refractivity contribution is -0.125. The summed E-state index contributed by atoms with van der Waals surface area (Å²) in [4.78, 5) is 30.1. The minimum absolute atomic E-state index is 0.337. The Morgan fingerprint density at radius 3 is 2.67 bits per heavy atom. The lowest BCUT2D eigenvalue weighted by Gasteiger charge is -2.23. The second-order valence-electron chi connectivity index (χ2n) is 7.35. The second-order valence-corrected chi connectivity index (χ2v) is 7.35. The van der Waals surface area contributed by atoms with Crippen molar-refractivity contribution in [1.82, 2.24) is 9.38 Å². The van der Waals surface area contributed by atoms with Gasteiger partial charge in [0.05, 0.1) is 5.56 Å². The molecule has 1 atom stereocenters. The van der Waals surface area contributed by atoms with Crippen molar-refractivity contribution >= 4 is 23.3 Å². The third-order valence-corrected chi connectivity index (χ3v) is 5.24. The number of rotatable bonds is 3. The molecule has 2 aromatic carbocycles. The molecule has 0 unspecified atom stereocenters. The van der Waals surface area contributed by atoms with Crippen molar-refractivity contribution in [2.45, 2.75) is 19.4 Å². The van der Waals surface area contributed by atoms with Gasteiger partial charge in [0.2, 0.25) is 0 Å². The molecule has 4 aromatic rings. The van der Waals surface area contributed by atoms with E-state index in [9.17, 15) is 9.59 Å².